The number of amides is 1. The Morgan fingerprint density at radius 2 is 1.84 bits per heavy atom. The summed E-state index contributed by atoms with van der Waals surface area (Å²) in [6.45, 7) is 4.31. The molecule has 0 aromatic heterocycles. The van der Waals surface area contributed by atoms with Crippen LogP contribution in [0.3, 0.4) is 0 Å². The molecule has 3 rings (SSSR count). The zero-order valence-corrected chi connectivity index (χ0v) is 15.6. The number of hydrogen-bond acceptors (Lipinski definition) is 3. The van der Waals surface area contributed by atoms with E-state index in [0.29, 0.717) is 27.0 Å². The van der Waals surface area contributed by atoms with Crippen molar-refractivity contribution in [3.8, 4) is 0 Å². The van der Waals surface area contributed by atoms with Crippen LogP contribution < -0.4 is 16.0 Å². The van der Waals surface area contributed by atoms with Crippen LogP contribution in [0.2, 0.25) is 10.0 Å². The molecule has 0 radical (unpaired) electrons. The number of nitrogens with one attached hydrogen (secondary N) is 1. The minimum Gasteiger partial charge on any atom is -0.397 e. The maximum Gasteiger partial charge on any atom is 0.255 e. The predicted molar refractivity (Wildman–Crippen MR) is 106 cm³/mol. The van der Waals surface area contributed by atoms with E-state index in [1.54, 1.807) is 24.3 Å². The molecular weight excluding hydrogens is 357 g/mol. The summed E-state index contributed by atoms with van der Waals surface area (Å²) in [7, 11) is 0. The highest BCUT2D eigenvalue weighted by molar-refractivity contribution is 6.42. The van der Waals surface area contributed by atoms with E-state index in [1.807, 2.05) is 12.1 Å². The van der Waals surface area contributed by atoms with Crippen molar-refractivity contribution in [3.05, 3.63) is 52.0 Å². The highest BCUT2D eigenvalue weighted by Crippen LogP contribution is 2.30. The average Bonchev–Trinajstić information content (AvgIpc) is 2.58. The Hall–Kier alpha value is -1.91. The third kappa shape index (κ3) is 4.20. The Bertz CT molecular complexity index is 786. The van der Waals surface area contributed by atoms with Crippen LogP contribution in [-0.4, -0.2) is 19.0 Å². The van der Waals surface area contributed by atoms with Gasteiger partial charge in [-0.3, -0.25) is 4.79 Å². The lowest BCUT2D eigenvalue weighted by atomic mass is 9.98. The Morgan fingerprint density at radius 3 is 2.48 bits per heavy atom. The van der Waals surface area contributed by atoms with Crippen LogP contribution in [0, 0.1) is 5.92 Å². The molecular formula is C19H21Cl2N3O. The van der Waals surface area contributed by atoms with E-state index in [9.17, 15) is 4.79 Å². The van der Waals surface area contributed by atoms with Crippen LogP contribution in [0.25, 0.3) is 0 Å². The second kappa shape index (κ2) is 7.54. The van der Waals surface area contributed by atoms with Crippen LogP contribution in [0.5, 0.6) is 0 Å². The van der Waals surface area contributed by atoms with E-state index in [1.165, 1.54) is 12.8 Å². The smallest absolute Gasteiger partial charge is 0.255 e. The van der Waals surface area contributed by atoms with Crippen molar-refractivity contribution in [1.29, 1.82) is 0 Å². The van der Waals surface area contributed by atoms with Gasteiger partial charge in [-0.1, -0.05) is 30.1 Å². The van der Waals surface area contributed by atoms with Crippen LogP contribution in [0.1, 0.15) is 30.1 Å². The van der Waals surface area contributed by atoms with Crippen molar-refractivity contribution in [1.82, 2.24) is 0 Å². The minimum absolute atomic E-state index is 0.252. The largest absolute Gasteiger partial charge is 0.397 e. The Balaban J connectivity index is 1.72. The monoisotopic (exact) mass is 377 g/mol. The predicted octanol–water partition coefficient (Wildman–Crippen LogP) is 5.06. The lowest BCUT2D eigenvalue weighted by molar-refractivity contribution is 0.102. The molecule has 4 nitrogen and oxygen atoms in total. The van der Waals surface area contributed by atoms with E-state index >= 15 is 0 Å². The van der Waals surface area contributed by atoms with Gasteiger partial charge in [0.15, 0.2) is 0 Å². The van der Waals surface area contributed by atoms with Crippen LogP contribution >= 0.6 is 23.2 Å². The van der Waals surface area contributed by atoms with E-state index in [-0.39, 0.29) is 5.91 Å². The van der Waals surface area contributed by atoms with Crippen molar-refractivity contribution >= 4 is 46.2 Å². The van der Waals surface area contributed by atoms with E-state index in [0.717, 1.165) is 24.7 Å². The Kier molecular flexibility index (Phi) is 5.40. The zero-order valence-electron chi connectivity index (χ0n) is 14.1. The fraction of sp³-hybridized carbons (Fsp3) is 0.316. The molecule has 1 heterocycles. The number of carbonyl (C=O) groups is 1. The summed E-state index contributed by atoms with van der Waals surface area (Å²) in [5, 5.41) is 3.61. The number of nitrogen functional groups attached to an aromatic ring is 1. The number of halogens is 2. The van der Waals surface area contributed by atoms with Gasteiger partial charge in [0.05, 0.1) is 21.4 Å². The molecule has 0 saturated carbocycles. The summed E-state index contributed by atoms with van der Waals surface area (Å²) in [5.41, 5.74) is 9.01. The lowest BCUT2D eigenvalue weighted by Crippen LogP contribution is -2.33. The fourth-order valence-corrected chi connectivity index (χ4v) is 3.31. The molecule has 6 heteroatoms. The topological polar surface area (TPSA) is 58.4 Å². The van der Waals surface area contributed by atoms with Crippen molar-refractivity contribution in [2.75, 3.05) is 29.0 Å². The minimum atomic E-state index is -0.252. The van der Waals surface area contributed by atoms with Gasteiger partial charge in [0.1, 0.15) is 0 Å². The molecule has 0 bridgehead atoms. The molecule has 3 N–H and O–H groups in total. The number of carbonyl (C=O) groups excluding carboxylic acids is 1. The first kappa shape index (κ1) is 17.9. The first-order valence-corrected chi connectivity index (χ1v) is 9.10. The van der Waals surface area contributed by atoms with Gasteiger partial charge in [-0.15, -0.1) is 0 Å². The van der Waals surface area contributed by atoms with Gasteiger partial charge in [0, 0.05) is 24.3 Å². The van der Waals surface area contributed by atoms with E-state index < -0.39 is 0 Å². The standard InChI is InChI=1S/C19H21Cl2N3O/c1-12-6-8-24(9-7-12)18-5-3-14(11-17(18)22)23-19(25)13-2-4-15(20)16(21)10-13/h2-5,10-12H,6-9,22H2,1H3,(H,23,25). The number of benzene rings is 2. The van der Waals surface area contributed by atoms with Crippen LogP contribution in [-0.2, 0) is 0 Å². The quantitative estimate of drug-likeness (QED) is 0.734. The highest BCUT2D eigenvalue weighted by atomic mass is 35.5. The zero-order chi connectivity index (χ0) is 18.0. The summed E-state index contributed by atoms with van der Waals surface area (Å²) in [4.78, 5) is 14.7. The van der Waals surface area contributed by atoms with Crippen molar-refractivity contribution in [3.63, 3.8) is 0 Å². The molecule has 25 heavy (non-hydrogen) atoms. The lowest BCUT2D eigenvalue weighted by Gasteiger charge is -2.33. The summed E-state index contributed by atoms with van der Waals surface area (Å²) < 4.78 is 0. The SMILES string of the molecule is CC1CCN(c2ccc(NC(=O)c3ccc(Cl)c(Cl)c3)cc2N)CC1. The van der Waals surface area contributed by atoms with E-state index in [4.69, 9.17) is 28.9 Å². The fourth-order valence-electron chi connectivity index (χ4n) is 3.01. The van der Waals surface area contributed by atoms with Gasteiger partial charge >= 0.3 is 0 Å². The second-order valence-corrected chi connectivity index (χ2v) is 7.34. The molecule has 0 spiro atoms. The first-order valence-electron chi connectivity index (χ1n) is 8.35. The second-order valence-electron chi connectivity index (χ2n) is 6.53. The number of nitrogens with two attached hydrogens (primary N) is 1. The molecule has 1 saturated heterocycles. The number of anilines is 3. The Labute approximate surface area is 157 Å². The maximum atomic E-state index is 12.3. The molecule has 0 unspecified atom stereocenters. The number of rotatable bonds is 3. The molecule has 1 fully saturated rings. The summed E-state index contributed by atoms with van der Waals surface area (Å²) in [6.07, 6.45) is 2.35. The third-order valence-corrected chi connectivity index (χ3v) is 5.33. The molecule has 1 amide bonds. The molecule has 2 aromatic carbocycles. The number of hydrogen-bond donors (Lipinski definition) is 2. The van der Waals surface area contributed by atoms with Gasteiger partial charge in [0.2, 0.25) is 0 Å². The van der Waals surface area contributed by atoms with Crippen LogP contribution in [0.15, 0.2) is 36.4 Å². The molecule has 1 aliphatic rings. The highest BCUT2D eigenvalue weighted by Gasteiger charge is 2.18. The first-order chi connectivity index (χ1) is 11.9. The molecule has 1 aliphatic heterocycles. The summed E-state index contributed by atoms with van der Waals surface area (Å²) >= 11 is 11.8. The normalized spacial score (nSPS) is 15.2. The van der Waals surface area contributed by atoms with Crippen molar-refractivity contribution in [2.24, 2.45) is 5.92 Å². The van der Waals surface area contributed by atoms with Gasteiger partial charge in [-0.2, -0.15) is 0 Å². The van der Waals surface area contributed by atoms with Crippen LogP contribution in [0.4, 0.5) is 17.1 Å². The number of piperidine rings is 1. The molecule has 0 atom stereocenters. The number of nitrogens with zero attached hydrogens (tertiary/aromatic N) is 1. The molecule has 2 aromatic rings. The van der Waals surface area contributed by atoms with Gasteiger partial charge in [0.25, 0.3) is 5.91 Å². The third-order valence-electron chi connectivity index (χ3n) is 4.59. The van der Waals surface area contributed by atoms with E-state index in [2.05, 4.69) is 17.1 Å². The van der Waals surface area contributed by atoms with Gasteiger partial charge in [-0.25, -0.2) is 0 Å². The molecule has 0 aliphatic carbocycles. The average molecular weight is 378 g/mol. The maximum absolute atomic E-state index is 12.3. The summed E-state index contributed by atoms with van der Waals surface area (Å²) in [5.74, 6) is 0.514. The molecule has 132 valence electrons. The summed E-state index contributed by atoms with van der Waals surface area (Å²) in [6, 6.07) is 10.4. The van der Waals surface area contributed by atoms with Gasteiger partial charge < -0.3 is 16.0 Å². The van der Waals surface area contributed by atoms with Gasteiger partial charge in [-0.05, 0) is 55.2 Å². The Morgan fingerprint density at radius 1 is 1.12 bits per heavy atom. The van der Waals surface area contributed by atoms with Crippen molar-refractivity contribution < 1.29 is 4.79 Å². The van der Waals surface area contributed by atoms with Crippen molar-refractivity contribution in [2.45, 2.75) is 19.8 Å².